The Balaban J connectivity index is 0.000000379. The number of aryl methyl sites for hydroxylation is 1. The van der Waals surface area contributed by atoms with Gasteiger partial charge < -0.3 is 4.57 Å². The molecule has 2 aromatic rings. The molecule has 0 unspecified atom stereocenters. The second-order valence-electron chi connectivity index (χ2n) is 2.22. The van der Waals surface area contributed by atoms with Gasteiger partial charge in [0.15, 0.2) is 0 Å². The van der Waals surface area contributed by atoms with Crippen LogP contribution in [0.2, 0.25) is 0 Å². The Bertz CT molecular complexity index is 352. The highest BCUT2D eigenvalue weighted by atomic mass is 15.0. The maximum Gasteiger partial charge on any atom is 0.116 e. The molecule has 0 aromatic carbocycles. The molecule has 0 saturated heterocycles. The molecule has 0 aliphatic heterocycles. The Hall–Kier alpha value is -1.38. The number of aromatic nitrogens is 3. The second-order valence-corrected chi connectivity index (χ2v) is 2.22. The van der Waals surface area contributed by atoms with Gasteiger partial charge in [0, 0.05) is 13.2 Å². The van der Waals surface area contributed by atoms with Crippen molar-refractivity contribution in [3.8, 4) is 0 Å². The van der Waals surface area contributed by atoms with E-state index in [1.165, 1.54) is 0 Å². The van der Waals surface area contributed by atoms with Gasteiger partial charge in [0.25, 0.3) is 0 Å². The standard InChI is InChI=1S/C7H7N3.2C2H6/c1-10-3-2-6-7(10)4-8-5-9-6;2*1-2/h2-5H,1H3;2*1-2H3. The maximum absolute atomic E-state index is 4.07. The van der Waals surface area contributed by atoms with Gasteiger partial charge in [0.1, 0.15) is 6.33 Å². The number of hydrogen-bond acceptors (Lipinski definition) is 2. The fourth-order valence-electron chi connectivity index (χ4n) is 0.995. The Labute approximate surface area is 85.8 Å². The van der Waals surface area contributed by atoms with Crippen molar-refractivity contribution in [2.24, 2.45) is 7.05 Å². The summed E-state index contributed by atoms with van der Waals surface area (Å²) in [4.78, 5) is 7.98. The van der Waals surface area contributed by atoms with Gasteiger partial charge in [-0.15, -0.1) is 0 Å². The van der Waals surface area contributed by atoms with Gasteiger partial charge in [0.2, 0.25) is 0 Å². The van der Waals surface area contributed by atoms with Crippen molar-refractivity contribution in [1.82, 2.24) is 14.5 Å². The van der Waals surface area contributed by atoms with Crippen LogP contribution in [0.1, 0.15) is 27.7 Å². The molecule has 0 amide bonds. The summed E-state index contributed by atoms with van der Waals surface area (Å²) >= 11 is 0. The highest BCUT2D eigenvalue weighted by Crippen LogP contribution is 2.07. The van der Waals surface area contributed by atoms with Crippen LogP contribution in [0.4, 0.5) is 0 Å². The van der Waals surface area contributed by atoms with Crippen LogP contribution in [0, 0.1) is 0 Å². The lowest BCUT2D eigenvalue weighted by atomic mass is 10.5. The number of nitrogens with zero attached hydrogens (tertiary/aromatic N) is 3. The summed E-state index contributed by atoms with van der Waals surface area (Å²) < 4.78 is 2.00. The molecule has 78 valence electrons. The van der Waals surface area contributed by atoms with Crippen LogP contribution < -0.4 is 0 Å². The van der Waals surface area contributed by atoms with Gasteiger partial charge in [-0.1, -0.05) is 27.7 Å². The molecule has 0 fully saturated rings. The first-order valence-electron chi connectivity index (χ1n) is 5.09. The van der Waals surface area contributed by atoms with E-state index < -0.39 is 0 Å². The van der Waals surface area contributed by atoms with Gasteiger partial charge >= 0.3 is 0 Å². The van der Waals surface area contributed by atoms with Crippen LogP contribution in [0.15, 0.2) is 24.8 Å². The van der Waals surface area contributed by atoms with E-state index in [-0.39, 0.29) is 0 Å². The van der Waals surface area contributed by atoms with Crippen molar-refractivity contribution < 1.29 is 0 Å². The van der Waals surface area contributed by atoms with Crippen molar-refractivity contribution in [3.63, 3.8) is 0 Å². The lowest BCUT2D eigenvalue weighted by Gasteiger charge is -1.90. The zero-order valence-corrected chi connectivity index (χ0v) is 9.65. The van der Waals surface area contributed by atoms with Crippen LogP contribution in [-0.2, 0) is 7.05 Å². The van der Waals surface area contributed by atoms with Crippen molar-refractivity contribution in [1.29, 1.82) is 0 Å². The molecule has 0 radical (unpaired) electrons. The Kier molecular flexibility index (Phi) is 6.37. The summed E-state index contributed by atoms with van der Waals surface area (Å²) in [5.74, 6) is 0. The van der Waals surface area contributed by atoms with E-state index in [4.69, 9.17) is 0 Å². The van der Waals surface area contributed by atoms with E-state index in [1.54, 1.807) is 6.33 Å². The molecule has 3 heteroatoms. The largest absolute Gasteiger partial charge is 0.348 e. The monoisotopic (exact) mass is 193 g/mol. The average molecular weight is 193 g/mol. The van der Waals surface area contributed by atoms with Gasteiger partial charge in [-0.3, -0.25) is 0 Å². The quantitative estimate of drug-likeness (QED) is 0.644. The molecular formula is C11H19N3. The molecule has 0 saturated carbocycles. The maximum atomic E-state index is 4.07. The van der Waals surface area contributed by atoms with Crippen molar-refractivity contribution >= 4 is 11.0 Å². The lowest BCUT2D eigenvalue weighted by Crippen LogP contribution is -1.84. The number of rotatable bonds is 0. The summed E-state index contributed by atoms with van der Waals surface area (Å²) in [6.45, 7) is 8.00. The number of hydrogen-bond donors (Lipinski definition) is 0. The molecule has 2 aromatic heterocycles. The predicted octanol–water partition coefficient (Wildman–Crippen LogP) is 3.02. The number of fused-ring (bicyclic) bond motifs is 1. The van der Waals surface area contributed by atoms with Crippen LogP contribution in [-0.4, -0.2) is 14.5 Å². The lowest BCUT2D eigenvalue weighted by molar-refractivity contribution is 0.962. The van der Waals surface area contributed by atoms with E-state index in [1.807, 2.05) is 57.8 Å². The highest BCUT2D eigenvalue weighted by Gasteiger charge is 1.94. The molecule has 2 heterocycles. The van der Waals surface area contributed by atoms with Crippen LogP contribution in [0.25, 0.3) is 11.0 Å². The molecular weight excluding hydrogens is 174 g/mol. The predicted molar refractivity (Wildman–Crippen MR) is 61.2 cm³/mol. The molecule has 0 N–H and O–H groups in total. The molecule has 14 heavy (non-hydrogen) atoms. The fourth-order valence-corrected chi connectivity index (χ4v) is 0.995. The molecule has 0 atom stereocenters. The third kappa shape index (κ3) is 2.83. The first-order chi connectivity index (χ1) is 6.88. The zero-order valence-electron chi connectivity index (χ0n) is 9.65. The minimum Gasteiger partial charge on any atom is -0.348 e. The van der Waals surface area contributed by atoms with Gasteiger partial charge in [-0.2, -0.15) is 0 Å². The fraction of sp³-hybridized carbons (Fsp3) is 0.455. The van der Waals surface area contributed by atoms with E-state index in [9.17, 15) is 0 Å². The van der Waals surface area contributed by atoms with Gasteiger partial charge in [0.05, 0.1) is 17.2 Å². The van der Waals surface area contributed by atoms with Crippen LogP contribution in [0.3, 0.4) is 0 Å². The molecule has 0 aliphatic carbocycles. The molecule has 0 aliphatic rings. The summed E-state index contributed by atoms with van der Waals surface area (Å²) in [5.41, 5.74) is 2.07. The SMILES string of the molecule is CC.CC.Cn1ccc2ncncc21. The average Bonchev–Trinajstić information content (AvgIpc) is 2.67. The van der Waals surface area contributed by atoms with Crippen LogP contribution in [0.5, 0.6) is 0 Å². The molecule has 2 rings (SSSR count). The van der Waals surface area contributed by atoms with Gasteiger partial charge in [-0.25, -0.2) is 9.97 Å². The summed E-state index contributed by atoms with van der Waals surface area (Å²) in [6, 6.07) is 1.97. The Morgan fingerprint density at radius 2 is 1.79 bits per heavy atom. The minimum absolute atomic E-state index is 0.998. The van der Waals surface area contributed by atoms with E-state index >= 15 is 0 Å². The first kappa shape index (κ1) is 12.6. The summed E-state index contributed by atoms with van der Waals surface area (Å²) in [7, 11) is 1.98. The zero-order chi connectivity index (χ0) is 11.0. The highest BCUT2D eigenvalue weighted by molar-refractivity contribution is 5.73. The first-order valence-corrected chi connectivity index (χ1v) is 5.09. The Morgan fingerprint density at radius 3 is 2.36 bits per heavy atom. The van der Waals surface area contributed by atoms with Crippen LogP contribution >= 0.6 is 0 Å². The Morgan fingerprint density at radius 1 is 1.14 bits per heavy atom. The summed E-state index contributed by atoms with van der Waals surface area (Å²) in [5, 5.41) is 0. The topological polar surface area (TPSA) is 30.7 Å². The van der Waals surface area contributed by atoms with Gasteiger partial charge in [-0.05, 0) is 6.07 Å². The van der Waals surface area contributed by atoms with E-state index in [0.29, 0.717) is 0 Å². The third-order valence-corrected chi connectivity index (χ3v) is 1.56. The van der Waals surface area contributed by atoms with Crippen molar-refractivity contribution in [3.05, 3.63) is 24.8 Å². The van der Waals surface area contributed by atoms with Crippen molar-refractivity contribution in [2.75, 3.05) is 0 Å². The normalized spacial score (nSPS) is 8.36. The van der Waals surface area contributed by atoms with E-state index in [2.05, 4.69) is 9.97 Å². The third-order valence-electron chi connectivity index (χ3n) is 1.56. The van der Waals surface area contributed by atoms with Crippen molar-refractivity contribution in [2.45, 2.75) is 27.7 Å². The minimum atomic E-state index is 0.998. The molecule has 0 bridgehead atoms. The second kappa shape index (κ2) is 7.06. The molecule has 3 nitrogen and oxygen atoms in total. The van der Waals surface area contributed by atoms with E-state index in [0.717, 1.165) is 11.0 Å². The smallest absolute Gasteiger partial charge is 0.116 e. The summed E-state index contributed by atoms with van der Waals surface area (Å²) in [6.07, 6.45) is 5.34. The molecule has 0 spiro atoms.